The molecule has 3 aromatic carbocycles. The fraction of sp³-hybridized carbons (Fsp3) is 0.192. The quantitative estimate of drug-likeness (QED) is 0.245. The number of anilines is 1. The van der Waals surface area contributed by atoms with E-state index in [2.05, 4.69) is 31.1 Å². The third kappa shape index (κ3) is 5.34. The maximum Gasteiger partial charge on any atom is 0.285 e. The lowest BCUT2D eigenvalue weighted by Gasteiger charge is -2.23. The third-order valence-corrected chi connectivity index (χ3v) is 7.99. The van der Waals surface area contributed by atoms with E-state index in [-0.39, 0.29) is 22.4 Å². The minimum Gasteiger partial charge on any atom is -0.493 e. The summed E-state index contributed by atoms with van der Waals surface area (Å²) >= 11 is 3.37. The maximum absolute atomic E-state index is 13.5. The molecule has 1 amide bonds. The average molecular weight is 569 g/mol. The van der Waals surface area contributed by atoms with Gasteiger partial charge in [0, 0.05) is 9.86 Å². The third-order valence-electron chi connectivity index (χ3n) is 5.71. The number of amides is 1. The first-order valence-electron chi connectivity index (χ1n) is 11.2. The molecule has 0 aliphatic heterocycles. The molecule has 0 saturated heterocycles. The summed E-state index contributed by atoms with van der Waals surface area (Å²) in [4.78, 5) is 15.7. The van der Waals surface area contributed by atoms with Gasteiger partial charge in [0.2, 0.25) is 5.88 Å². The van der Waals surface area contributed by atoms with Crippen molar-refractivity contribution in [2.75, 3.05) is 10.8 Å². The van der Waals surface area contributed by atoms with Gasteiger partial charge in [0.25, 0.3) is 15.9 Å². The van der Waals surface area contributed by atoms with Crippen molar-refractivity contribution in [3.63, 3.8) is 0 Å². The molecule has 4 aromatic rings. The Kier molecular flexibility index (Phi) is 7.28. The number of azo groups is 1. The summed E-state index contributed by atoms with van der Waals surface area (Å²) in [5.74, 6) is -0.768. The Morgan fingerprint density at radius 2 is 1.72 bits per heavy atom. The zero-order valence-electron chi connectivity index (χ0n) is 19.9. The van der Waals surface area contributed by atoms with Crippen LogP contribution in [0.5, 0.6) is 5.88 Å². The molecule has 0 spiro atoms. The molecule has 0 saturated carbocycles. The highest BCUT2D eigenvalue weighted by molar-refractivity contribution is 9.10. The zero-order chi connectivity index (χ0) is 26.0. The number of rotatable bonds is 7. The van der Waals surface area contributed by atoms with E-state index in [4.69, 9.17) is 0 Å². The second-order valence-corrected chi connectivity index (χ2v) is 11.5. The first-order chi connectivity index (χ1) is 17.1. The number of benzene rings is 3. The molecule has 0 bridgehead atoms. The number of fused-ring (bicyclic) bond motifs is 1. The van der Waals surface area contributed by atoms with Crippen LogP contribution in [0.2, 0.25) is 0 Å². The molecule has 8 nitrogen and oxygen atoms in total. The number of aryl methyl sites for hydroxylation is 1. The van der Waals surface area contributed by atoms with Gasteiger partial charge in [-0.1, -0.05) is 59.6 Å². The van der Waals surface area contributed by atoms with Gasteiger partial charge in [-0.15, -0.1) is 10.2 Å². The molecule has 36 heavy (non-hydrogen) atoms. The lowest BCUT2D eigenvalue weighted by atomic mass is 10.0. The van der Waals surface area contributed by atoms with Crippen molar-refractivity contribution in [2.45, 2.75) is 31.6 Å². The Morgan fingerprint density at radius 3 is 2.36 bits per heavy atom. The Morgan fingerprint density at radius 1 is 1.06 bits per heavy atom. The van der Waals surface area contributed by atoms with Gasteiger partial charge >= 0.3 is 0 Å². The molecular formula is C26H25BrN4O4S. The predicted octanol–water partition coefficient (Wildman–Crippen LogP) is 6.57. The van der Waals surface area contributed by atoms with Gasteiger partial charge in [0.1, 0.15) is 6.54 Å². The summed E-state index contributed by atoms with van der Waals surface area (Å²) < 4.78 is 28.9. The molecule has 1 aromatic heterocycles. The van der Waals surface area contributed by atoms with Crippen LogP contribution >= 0.6 is 15.9 Å². The first kappa shape index (κ1) is 25.6. The van der Waals surface area contributed by atoms with Gasteiger partial charge in [-0.05, 0) is 60.9 Å². The number of nitrogens with zero attached hydrogens (tertiary/aromatic N) is 3. The van der Waals surface area contributed by atoms with Crippen LogP contribution in [-0.4, -0.2) is 31.0 Å². The SMILES string of the molecule is Cc1ccc(S(=O)(=O)N(CC(=O)N=Nc2c(O)[nH]c3ccc(Br)cc23)c2ccc(C(C)C)cc2)cc1. The highest BCUT2D eigenvalue weighted by Gasteiger charge is 2.27. The van der Waals surface area contributed by atoms with Crippen molar-refractivity contribution in [3.05, 3.63) is 82.3 Å². The van der Waals surface area contributed by atoms with Gasteiger partial charge in [-0.2, -0.15) is 0 Å². The Balaban J connectivity index is 1.68. The van der Waals surface area contributed by atoms with Gasteiger partial charge in [0.15, 0.2) is 5.69 Å². The van der Waals surface area contributed by atoms with Crippen molar-refractivity contribution < 1.29 is 18.3 Å². The van der Waals surface area contributed by atoms with Crippen LogP contribution < -0.4 is 4.31 Å². The summed E-state index contributed by atoms with van der Waals surface area (Å²) in [6.07, 6.45) is 0. The molecule has 0 radical (unpaired) electrons. The van der Waals surface area contributed by atoms with E-state index in [0.717, 1.165) is 19.9 Å². The Labute approximate surface area is 217 Å². The van der Waals surface area contributed by atoms with Crippen molar-refractivity contribution in [2.24, 2.45) is 10.2 Å². The van der Waals surface area contributed by atoms with E-state index in [1.165, 1.54) is 12.1 Å². The monoisotopic (exact) mass is 568 g/mol. The average Bonchev–Trinajstić information content (AvgIpc) is 3.15. The number of hydrogen-bond donors (Lipinski definition) is 2. The minimum absolute atomic E-state index is 0.0601. The van der Waals surface area contributed by atoms with Gasteiger partial charge in [-0.3, -0.25) is 9.10 Å². The lowest BCUT2D eigenvalue weighted by Crippen LogP contribution is -2.35. The molecule has 186 valence electrons. The fourth-order valence-electron chi connectivity index (χ4n) is 3.68. The molecular weight excluding hydrogens is 544 g/mol. The molecule has 0 fully saturated rings. The van der Waals surface area contributed by atoms with Crippen LogP contribution in [0.1, 0.15) is 30.9 Å². The number of nitrogens with one attached hydrogen (secondary N) is 1. The second-order valence-electron chi connectivity index (χ2n) is 8.68. The summed E-state index contributed by atoms with van der Waals surface area (Å²) in [6.45, 7) is 5.38. The number of aromatic hydroxyl groups is 1. The van der Waals surface area contributed by atoms with E-state index in [0.29, 0.717) is 16.6 Å². The van der Waals surface area contributed by atoms with Crippen LogP contribution in [0.3, 0.4) is 0 Å². The molecule has 1 heterocycles. The van der Waals surface area contributed by atoms with Crippen LogP contribution in [0.25, 0.3) is 10.9 Å². The van der Waals surface area contributed by atoms with Crippen LogP contribution in [0.4, 0.5) is 11.4 Å². The molecule has 0 aliphatic carbocycles. The highest BCUT2D eigenvalue weighted by Crippen LogP contribution is 2.37. The number of halogens is 1. The second kappa shape index (κ2) is 10.2. The molecule has 0 unspecified atom stereocenters. The number of hydrogen-bond acceptors (Lipinski definition) is 5. The highest BCUT2D eigenvalue weighted by atomic mass is 79.9. The zero-order valence-corrected chi connectivity index (χ0v) is 22.3. The Bertz CT molecular complexity index is 1540. The molecule has 2 N–H and O–H groups in total. The van der Waals surface area contributed by atoms with Gasteiger partial charge < -0.3 is 10.1 Å². The Hall–Kier alpha value is -3.50. The smallest absolute Gasteiger partial charge is 0.285 e. The molecule has 0 aliphatic rings. The van der Waals surface area contributed by atoms with E-state index in [1.54, 1.807) is 42.5 Å². The van der Waals surface area contributed by atoms with E-state index in [1.807, 2.05) is 32.9 Å². The minimum atomic E-state index is -4.07. The maximum atomic E-state index is 13.5. The van der Waals surface area contributed by atoms with Crippen LogP contribution in [-0.2, 0) is 14.8 Å². The number of sulfonamides is 1. The number of carbonyl (C=O) groups excluding carboxylic acids is 1. The molecule has 10 heteroatoms. The summed E-state index contributed by atoms with van der Waals surface area (Å²) in [5.41, 5.74) is 3.00. The van der Waals surface area contributed by atoms with Crippen LogP contribution in [0, 0.1) is 6.92 Å². The van der Waals surface area contributed by atoms with E-state index < -0.39 is 22.5 Å². The summed E-state index contributed by atoms with van der Waals surface area (Å²) in [6, 6.07) is 18.7. The first-order valence-corrected chi connectivity index (χ1v) is 13.4. The summed E-state index contributed by atoms with van der Waals surface area (Å²) in [7, 11) is -4.07. The van der Waals surface area contributed by atoms with Crippen molar-refractivity contribution >= 4 is 54.1 Å². The number of H-pyrrole nitrogens is 1. The fourth-order valence-corrected chi connectivity index (χ4v) is 5.45. The van der Waals surface area contributed by atoms with E-state index >= 15 is 0 Å². The van der Waals surface area contributed by atoms with Crippen LogP contribution in [0.15, 0.2) is 86.3 Å². The summed E-state index contributed by atoms with van der Waals surface area (Å²) in [5, 5.41) is 18.5. The topological polar surface area (TPSA) is 115 Å². The van der Waals surface area contributed by atoms with Crippen molar-refractivity contribution in [1.82, 2.24) is 4.98 Å². The van der Waals surface area contributed by atoms with E-state index in [9.17, 15) is 18.3 Å². The predicted molar refractivity (Wildman–Crippen MR) is 143 cm³/mol. The number of aromatic nitrogens is 1. The van der Waals surface area contributed by atoms with Gasteiger partial charge in [-0.25, -0.2) is 8.42 Å². The molecule has 4 rings (SSSR count). The molecule has 0 atom stereocenters. The number of carbonyl (C=O) groups is 1. The standard InChI is InChI=1S/C26H25BrN4O4S/c1-16(2)18-6-9-20(10-7-18)31(36(34,35)21-11-4-17(3)5-12-21)15-24(32)29-30-25-22-14-19(27)8-13-23(22)28-26(25)33/h4-14,16,28,33H,15H2,1-3H3. The lowest BCUT2D eigenvalue weighted by molar-refractivity contribution is -0.116. The normalized spacial score (nSPS) is 12.0. The number of aromatic amines is 1. The van der Waals surface area contributed by atoms with Gasteiger partial charge in [0.05, 0.1) is 16.1 Å². The largest absolute Gasteiger partial charge is 0.493 e. The van der Waals surface area contributed by atoms with Crippen molar-refractivity contribution in [1.29, 1.82) is 0 Å². The van der Waals surface area contributed by atoms with Crippen molar-refractivity contribution in [3.8, 4) is 5.88 Å².